The number of aromatic nitrogens is 2. The van der Waals surface area contributed by atoms with E-state index in [9.17, 15) is 0 Å². The van der Waals surface area contributed by atoms with Crippen LogP contribution in [-0.2, 0) is 0 Å². The fourth-order valence-corrected chi connectivity index (χ4v) is 7.25. The van der Waals surface area contributed by atoms with Crippen LogP contribution >= 0.6 is 0 Å². The summed E-state index contributed by atoms with van der Waals surface area (Å²) in [5.41, 5.74) is 12.1. The van der Waals surface area contributed by atoms with Crippen molar-refractivity contribution in [3.05, 3.63) is 175 Å². The van der Waals surface area contributed by atoms with E-state index in [1.54, 1.807) is 0 Å². The van der Waals surface area contributed by atoms with Crippen LogP contribution in [0.1, 0.15) is 0 Å². The maximum Gasteiger partial charge on any atom is 0.189 e. The van der Waals surface area contributed by atoms with Crippen LogP contribution in [0.4, 0.5) is 5.69 Å². The second-order valence-electron chi connectivity index (χ2n) is 11.6. The lowest BCUT2D eigenvalue weighted by molar-refractivity contribution is 1.18. The molecule has 9 rings (SSSR count). The highest BCUT2D eigenvalue weighted by atomic mass is 15.0. The predicted octanol–water partition coefficient (Wildman–Crippen LogP) is 11.8. The number of hydrogen-bond acceptors (Lipinski definition) is 0. The molecule has 0 bridgehead atoms. The molecule has 0 aliphatic carbocycles. The Morgan fingerprint density at radius 2 is 0.891 bits per heavy atom. The minimum absolute atomic E-state index is 0.631. The largest absolute Gasteiger partial charge is 0.310 e. The molecule has 3 heteroatoms. The van der Waals surface area contributed by atoms with E-state index in [4.69, 9.17) is 6.57 Å². The molecule has 46 heavy (non-hydrogen) atoms. The average molecular weight is 586 g/mol. The van der Waals surface area contributed by atoms with E-state index in [1.165, 1.54) is 54.8 Å². The van der Waals surface area contributed by atoms with Crippen LogP contribution in [0.15, 0.2) is 164 Å². The quantitative estimate of drug-likeness (QED) is 0.182. The fraction of sp³-hybridized carbons (Fsp3) is 0. The van der Waals surface area contributed by atoms with Crippen molar-refractivity contribution >= 4 is 49.3 Å². The van der Waals surface area contributed by atoms with Gasteiger partial charge in [-0.3, -0.25) is 0 Å². The molecule has 2 aromatic heterocycles. The lowest BCUT2D eigenvalue weighted by atomic mass is 9.91. The van der Waals surface area contributed by atoms with E-state index >= 15 is 0 Å². The van der Waals surface area contributed by atoms with Crippen LogP contribution in [0.25, 0.3) is 82.1 Å². The highest BCUT2D eigenvalue weighted by Crippen LogP contribution is 2.44. The number of para-hydroxylation sites is 4. The van der Waals surface area contributed by atoms with Gasteiger partial charge < -0.3 is 9.13 Å². The molecule has 0 spiro atoms. The van der Waals surface area contributed by atoms with Crippen molar-refractivity contribution in [1.29, 1.82) is 0 Å². The summed E-state index contributed by atoms with van der Waals surface area (Å²) in [7, 11) is 0. The van der Waals surface area contributed by atoms with Crippen molar-refractivity contribution in [3.63, 3.8) is 0 Å². The van der Waals surface area contributed by atoms with E-state index in [0.717, 1.165) is 22.4 Å². The molecule has 214 valence electrons. The molecule has 7 aromatic carbocycles. The first-order chi connectivity index (χ1) is 22.8. The maximum absolute atomic E-state index is 7.62. The predicted molar refractivity (Wildman–Crippen MR) is 192 cm³/mol. The standard InChI is InChI=1S/C43H27N3/c1-44-29-14-12-15-30(28-29)45-41-26-11-7-21-37(41)43-36(22-13-27-42(43)45)32-17-3-2-16-31(32)33-18-4-8-23-38(33)46-39-24-9-5-19-34(39)35-20-6-10-25-40(35)46/h2-28H. The SMILES string of the molecule is [C-]#[N+]c1cccc(-n2c3ccccc3c3c(-c4ccccc4-c4ccccc4-n4c5ccccc5c5ccccc54)cccc32)c1. The number of rotatable bonds is 4. The van der Waals surface area contributed by atoms with Gasteiger partial charge in [-0.25, -0.2) is 4.85 Å². The first-order valence-corrected chi connectivity index (χ1v) is 15.5. The third-order valence-corrected chi connectivity index (χ3v) is 9.15. The Morgan fingerprint density at radius 3 is 1.59 bits per heavy atom. The molecule has 0 radical (unpaired) electrons. The molecule has 0 atom stereocenters. The van der Waals surface area contributed by atoms with E-state index < -0.39 is 0 Å². The molecular weight excluding hydrogens is 558 g/mol. The number of benzene rings is 7. The Bertz CT molecular complexity index is 2610. The van der Waals surface area contributed by atoms with Crippen LogP contribution in [-0.4, -0.2) is 9.13 Å². The topological polar surface area (TPSA) is 14.2 Å². The van der Waals surface area contributed by atoms with Crippen molar-refractivity contribution in [3.8, 4) is 33.6 Å². The van der Waals surface area contributed by atoms with Gasteiger partial charge in [-0.15, -0.1) is 0 Å². The first-order valence-electron chi connectivity index (χ1n) is 15.5. The molecule has 0 N–H and O–H groups in total. The van der Waals surface area contributed by atoms with Crippen LogP contribution in [0, 0.1) is 6.57 Å². The van der Waals surface area contributed by atoms with Gasteiger partial charge in [-0.2, -0.15) is 0 Å². The maximum atomic E-state index is 7.62. The highest BCUT2D eigenvalue weighted by Gasteiger charge is 2.20. The molecule has 0 saturated heterocycles. The molecule has 0 aliphatic rings. The third-order valence-electron chi connectivity index (χ3n) is 9.15. The van der Waals surface area contributed by atoms with Crippen molar-refractivity contribution < 1.29 is 0 Å². The minimum atomic E-state index is 0.631. The summed E-state index contributed by atoms with van der Waals surface area (Å²) in [5, 5.41) is 4.89. The van der Waals surface area contributed by atoms with Crippen LogP contribution in [0.5, 0.6) is 0 Å². The molecule has 0 aliphatic heterocycles. The van der Waals surface area contributed by atoms with Crippen molar-refractivity contribution in [2.45, 2.75) is 0 Å². The Balaban J connectivity index is 1.33. The molecule has 0 amide bonds. The summed E-state index contributed by atoms with van der Waals surface area (Å²) < 4.78 is 4.70. The second-order valence-corrected chi connectivity index (χ2v) is 11.6. The van der Waals surface area contributed by atoms with Crippen molar-refractivity contribution in [1.82, 2.24) is 9.13 Å². The zero-order valence-corrected chi connectivity index (χ0v) is 24.9. The third kappa shape index (κ3) is 3.84. The van der Waals surface area contributed by atoms with E-state index in [0.29, 0.717) is 5.69 Å². The number of hydrogen-bond donors (Lipinski definition) is 0. The summed E-state index contributed by atoms with van der Waals surface area (Å²) in [5.74, 6) is 0. The summed E-state index contributed by atoms with van der Waals surface area (Å²) in [6, 6.07) is 58.0. The zero-order chi connectivity index (χ0) is 30.6. The van der Waals surface area contributed by atoms with Gasteiger partial charge in [0.15, 0.2) is 5.69 Å². The Kier molecular flexibility index (Phi) is 5.88. The van der Waals surface area contributed by atoms with Gasteiger partial charge in [-0.05, 0) is 59.2 Å². The second kappa shape index (κ2) is 10.4. The molecule has 0 unspecified atom stereocenters. The van der Waals surface area contributed by atoms with Crippen LogP contribution in [0.3, 0.4) is 0 Å². The summed E-state index contributed by atoms with van der Waals surface area (Å²) in [6.07, 6.45) is 0. The summed E-state index contributed by atoms with van der Waals surface area (Å²) in [4.78, 5) is 3.71. The molecule has 9 aromatic rings. The molecule has 0 saturated carbocycles. The molecule has 3 nitrogen and oxygen atoms in total. The highest BCUT2D eigenvalue weighted by molar-refractivity contribution is 6.17. The first kappa shape index (κ1) is 26.1. The average Bonchev–Trinajstić information content (AvgIpc) is 3.65. The Morgan fingerprint density at radius 1 is 0.391 bits per heavy atom. The lowest BCUT2D eigenvalue weighted by Gasteiger charge is -2.17. The zero-order valence-electron chi connectivity index (χ0n) is 24.9. The van der Waals surface area contributed by atoms with E-state index in [1.807, 2.05) is 18.2 Å². The molecule has 0 fully saturated rings. The number of nitrogens with zero attached hydrogens (tertiary/aromatic N) is 3. The Hall–Kier alpha value is -6.37. The summed E-state index contributed by atoms with van der Waals surface area (Å²) >= 11 is 0. The van der Waals surface area contributed by atoms with Crippen LogP contribution in [0.2, 0.25) is 0 Å². The van der Waals surface area contributed by atoms with Gasteiger partial charge in [0.1, 0.15) is 0 Å². The summed E-state index contributed by atoms with van der Waals surface area (Å²) in [6.45, 7) is 7.62. The van der Waals surface area contributed by atoms with Crippen molar-refractivity contribution in [2.75, 3.05) is 0 Å². The van der Waals surface area contributed by atoms with Gasteiger partial charge in [0.05, 0.1) is 34.3 Å². The van der Waals surface area contributed by atoms with Gasteiger partial charge in [-0.1, -0.05) is 121 Å². The monoisotopic (exact) mass is 585 g/mol. The van der Waals surface area contributed by atoms with Gasteiger partial charge in [0.25, 0.3) is 0 Å². The molecule has 2 heterocycles. The fourth-order valence-electron chi connectivity index (χ4n) is 7.25. The van der Waals surface area contributed by atoms with Crippen molar-refractivity contribution in [2.24, 2.45) is 0 Å². The smallest absolute Gasteiger partial charge is 0.189 e. The van der Waals surface area contributed by atoms with Gasteiger partial charge in [0, 0.05) is 32.8 Å². The van der Waals surface area contributed by atoms with Gasteiger partial charge >= 0.3 is 0 Å². The Labute approximate surface area is 266 Å². The van der Waals surface area contributed by atoms with Gasteiger partial charge in [0.2, 0.25) is 0 Å². The molecular formula is C43H27N3. The van der Waals surface area contributed by atoms with E-state index in [2.05, 4.69) is 160 Å². The minimum Gasteiger partial charge on any atom is -0.310 e. The normalized spacial score (nSPS) is 11.5. The lowest BCUT2D eigenvalue weighted by Crippen LogP contribution is -1.98. The van der Waals surface area contributed by atoms with Crippen LogP contribution < -0.4 is 0 Å². The number of fused-ring (bicyclic) bond motifs is 6. The van der Waals surface area contributed by atoms with E-state index in [-0.39, 0.29) is 0 Å².